The van der Waals surface area contributed by atoms with Crippen molar-refractivity contribution in [2.45, 2.75) is 34.1 Å². The summed E-state index contributed by atoms with van der Waals surface area (Å²) in [5.74, 6) is 1.62. The van der Waals surface area contributed by atoms with E-state index in [0.29, 0.717) is 5.82 Å². The number of hydrogen-bond acceptors (Lipinski definition) is 3. The Hall–Kier alpha value is -1.61. The van der Waals surface area contributed by atoms with Gasteiger partial charge in [0, 0.05) is 28.4 Å². The molecule has 0 unspecified atom stereocenters. The molecule has 0 spiro atoms. The summed E-state index contributed by atoms with van der Waals surface area (Å²) in [5.41, 5.74) is 4.09. The first-order valence-electron chi connectivity index (χ1n) is 6.88. The van der Waals surface area contributed by atoms with Gasteiger partial charge in [0.1, 0.15) is 5.82 Å². The number of nitrogens with zero attached hydrogens (tertiary/aromatic N) is 2. The van der Waals surface area contributed by atoms with Crippen LogP contribution in [0.2, 0.25) is 5.02 Å². The average molecular weight is 290 g/mol. The highest BCUT2D eigenvalue weighted by Crippen LogP contribution is 2.25. The van der Waals surface area contributed by atoms with Crippen LogP contribution in [0.15, 0.2) is 18.2 Å². The summed E-state index contributed by atoms with van der Waals surface area (Å²) < 4.78 is 0. The van der Waals surface area contributed by atoms with Gasteiger partial charge in [-0.05, 0) is 38.8 Å². The topological polar surface area (TPSA) is 37.8 Å². The normalized spacial score (nSPS) is 10.7. The third-order valence-corrected chi connectivity index (χ3v) is 3.77. The molecule has 2 aromatic rings. The van der Waals surface area contributed by atoms with E-state index in [4.69, 9.17) is 11.6 Å². The lowest BCUT2D eigenvalue weighted by atomic mass is 10.1. The lowest BCUT2D eigenvalue weighted by Gasteiger charge is -2.12. The summed E-state index contributed by atoms with van der Waals surface area (Å²) in [4.78, 5) is 9.20. The average Bonchev–Trinajstić information content (AvgIpc) is 2.43. The largest absolute Gasteiger partial charge is 0.370 e. The SMILES string of the molecule is CCCNc1nc(-c2ccc(C)c(Cl)c2)nc(C)c1C. The van der Waals surface area contributed by atoms with E-state index in [1.807, 2.05) is 39.0 Å². The first-order chi connectivity index (χ1) is 9.52. The summed E-state index contributed by atoms with van der Waals surface area (Å²) in [6.45, 7) is 9.08. The van der Waals surface area contributed by atoms with E-state index in [2.05, 4.69) is 22.2 Å². The van der Waals surface area contributed by atoms with Gasteiger partial charge in [0.2, 0.25) is 0 Å². The van der Waals surface area contributed by atoms with Gasteiger partial charge in [0.25, 0.3) is 0 Å². The predicted octanol–water partition coefficient (Wildman–Crippen LogP) is 4.54. The van der Waals surface area contributed by atoms with E-state index in [9.17, 15) is 0 Å². The van der Waals surface area contributed by atoms with Crippen molar-refractivity contribution in [3.8, 4) is 11.4 Å². The molecule has 106 valence electrons. The van der Waals surface area contributed by atoms with E-state index in [1.165, 1.54) is 0 Å². The molecule has 0 aliphatic heterocycles. The molecule has 0 aliphatic carbocycles. The fraction of sp³-hybridized carbons (Fsp3) is 0.375. The van der Waals surface area contributed by atoms with Gasteiger partial charge in [-0.3, -0.25) is 0 Å². The highest BCUT2D eigenvalue weighted by molar-refractivity contribution is 6.31. The van der Waals surface area contributed by atoms with Crippen molar-refractivity contribution in [2.24, 2.45) is 0 Å². The van der Waals surface area contributed by atoms with Crippen molar-refractivity contribution >= 4 is 17.4 Å². The molecule has 0 atom stereocenters. The standard InChI is InChI=1S/C16H20ClN3/c1-5-8-18-15-11(3)12(4)19-16(20-15)13-7-6-10(2)14(17)9-13/h6-7,9H,5,8H2,1-4H3,(H,18,19,20). The van der Waals surface area contributed by atoms with E-state index in [1.54, 1.807) is 0 Å². The van der Waals surface area contributed by atoms with E-state index >= 15 is 0 Å². The van der Waals surface area contributed by atoms with Crippen LogP contribution in [0.3, 0.4) is 0 Å². The number of halogens is 1. The third kappa shape index (κ3) is 3.10. The van der Waals surface area contributed by atoms with Gasteiger partial charge in [-0.1, -0.05) is 30.7 Å². The number of nitrogens with one attached hydrogen (secondary N) is 1. The summed E-state index contributed by atoms with van der Waals surface area (Å²) in [5, 5.41) is 4.10. The van der Waals surface area contributed by atoms with Crippen LogP contribution in [0.5, 0.6) is 0 Å². The molecular formula is C16H20ClN3. The number of rotatable bonds is 4. The Morgan fingerprint density at radius 3 is 2.55 bits per heavy atom. The van der Waals surface area contributed by atoms with Gasteiger partial charge < -0.3 is 5.32 Å². The fourth-order valence-electron chi connectivity index (χ4n) is 1.91. The van der Waals surface area contributed by atoms with Crippen molar-refractivity contribution in [1.29, 1.82) is 0 Å². The molecule has 0 fully saturated rings. The van der Waals surface area contributed by atoms with Gasteiger partial charge in [0.15, 0.2) is 5.82 Å². The monoisotopic (exact) mass is 289 g/mol. The lowest BCUT2D eigenvalue weighted by Crippen LogP contribution is -2.07. The van der Waals surface area contributed by atoms with Crippen molar-refractivity contribution in [2.75, 3.05) is 11.9 Å². The van der Waals surface area contributed by atoms with Crippen LogP contribution in [-0.2, 0) is 0 Å². The van der Waals surface area contributed by atoms with Crippen LogP contribution in [0.25, 0.3) is 11.4 Å². The van der Waals surface area contributed by atoms with Crippen LogP contribution in [0.4, 0.5) is 5.82 Å². The maximum absolute atomic E-state index is 6.19. The molecule has 1 aromatic carbocycles. The Morgan fingerprint density at radius 2 is 1.90 bits per heavy atom. The molecule has 0 saturated carbocycles. The lowest BCUT2D eigenvalue weighted by molar-refractivity contribution is 0.955. The molecular weight excluding hydrogens is 270 g/mol. The predicted molar refractivity (Wildman–Crippen MR) is 85.5 cm³/mol. The molecule has 1 heterocycles. The van der Waals surface area contributed by atoms with Gasteiger partial charge >= 0.3 is 0 Å². The summed E-state index contributed by atoms with van der Waals surface area (Å²) in [7, 11) is 0. The second-order valence-electron chi connectivity index (χ2n) is 5.00. The molecule has 0 radical (unpaired) electrons. The first-order valence-corrected chi connectivity index (χ1v) is 7.26. The second-order valence-corrected chi connectivity index (χ2v) is 5.40. The zero-order valence-corrected chi connectivity index (χ0v) is 13.2. The minimum Gasteiger partial charge on any atom is -0.370 e. The first kappa shape index (κ1) is 14.8. The van der Waals surface area contributed by atoms with E-state index in [-0.39, 0.29) is 0 Å². The number of hydrogen-bond donors (Lipinski definition) is 1. The number of benzene rings is 1. The molecule has 0 bridgehead atoms. The molecule has 20 heavy (non-hydrogen) atoms. The van der Waals surface area contributed by atoms with Crippen molar-refractivity contribution in [1.82, 2.24) is 9.97 Å². The summed E-state index contributed by atoms with van der Waals surface area (Å²) in [6, 6.07) is 5.93. The Bertz CT molecular complexity index is 623. The molecule has 4 heteroatoms. The summed E-state index contributed by atoms with van der Waals surface area (Å²) >= 11 is 6.19. The van der Waals surface area contributed by atoms with E-state index < -0.39 is 0 Å². The van der Waals surface area contributed by atoms with Crippen LogP contribution in [-0.4, -0.2) is 16.5 Å². The zero-order valence-electron chi connectivity index (χ0n) is 12.4. The molecule has 0 amide bonds. The number of aryl methyl sites for hydroxylation is 2. The van der Waals surface area contributed by atoms with Crippen LogP contribution in [0.1, 0.15) is 30.2 Å². The molecule has 1 aromatic heterocycles. The number of anilines is 1. The van der Waals surface area contributed by atoms with Gasteiger partial charge in [-0.15, -0.1) is 0 Å². The van der Waals surface area contributed by atoms with Crippen LogP contribution < -0.4 is 5.32 Å². The molecule has 1 N–H and O–H groups in total. The maximum atomic E-state index is 6.19. The second kappa shape index (κ2) is 6.23. The molecule has 2 rings (SSSR count). The van der Waals surface area contributed by atoms with Crippen LogP contribution in [0, 0.1) is 20.8 Å². The Balaban J connectivity index is 2.45. The van der Waals surface area contributed by atoms with Crippen molar-refractivity contribution in [3.05, 3.63) is 40.0 Å². The maximum Gasteiger partial charge on any atom is 0.161 e. The van der Waals surface area contributed by atoms with Crippen molar-refractivity contribution < 1.29 is 0 Å². The Morgan fingerprint density at radius 1 is 1.15 bits per heavy atom. The molecule has 0 saturated heterocycles. The smallest absolute Gasteiger partial charge is 0.161 e. The van der Waals surface area contributed by atoms with Crippen molar-refractivity contribution in [3.63, 3.8) is 0 Å². The van der Waals surface area contributed by atoms with Gasteiger partial charge in [0.05, 0.1) is 0 Å². The highest BCUT2D eigenvalue weighted by Gasteiger charge is 2.10. The molecule has 3 nitrogen and oxygen atoms in total. The van der Waals surface area contributed by atoms with Gasteiger partial charge in [-0.2, -0.15) is 0 Å². The van der Waals surface area contributed by atoms with Crippen LogP contribution >= 0.6 is 11.6 Å². The Labute approximate surface area is 125 Å². The minimum atomic E-state index is 0.716. The fourth-order valence-corrected chi connectivity index (χ4v) is 2.09. The molecule has 0 aliphatic rings. The quantitative estimate of drug-likeness (QED) is 0.897. The summed E-state index contributed by atoms with van der Waals surface area (Å²) in [6.07, 6.45) is 1.06. The third-order valence-electron chi connectivity index (χ3n) is 3.36. The van der Waals surface area contributed by atoms with E-state index in [0.717, 1.165) is 46.2 Å². The zero-order chi connectivity index (χ0) is 14.7. The minimum absolute atomic E-state index is 0.716. The Kier molecular flexibility index (Phi) is 4.61. The number of aromatic nitrogens is 2. The highest BCUT2D eigenvalue weighted by atomic mass is 35.5. The van der Waals surface area contributed by atoms with Gasteiger partial charge in [-0.25, -0.2) is 9.97 Å².